The Labute approximate surface area is 106 Å². The molecule has 0 aromatic heterocycles. The third-order valence-corrected chi connectivity index (χ3v) is 3.34. The fraction of sp³-hybridized carbons (Fsp3) is 1.00. The zero-order valence-electron chi connectivity index (χ0n) is 12.0. The first-order valence-electron chi connectivity index (χ1n) is 6.66. The van der Waals surface area contributed by atoms with Gasteiger partial charge in [-0.2, -0.15) is 0 Å². The van der Waals surface area contributed by atoms with E-state index in [2.05, 4.69) is 30.7 Å². The molecule has 0 unspecified atom stereocenters. The topological polar surface area (TPSA) is 24.9 Å². The summed E-state index contributed by atoms with van der Waals surface area (Å²) >= 11 is 0. The minimum atomic E-state index is -0.0901. The fourth-order valence-electron chi connectivity index (χ4n) is 2.48. The van der Waals surface area contributed by atoms with Crippen LogP contribution >= 0.6 is 0 Å². The van der Waals surface area contributed by atoms with Crippen molar-refractivity contribution in [3.8, 4) is 0 Å². The van der Waals surface area contributed by atoms with Crippen LogP contribution < -0.4 is 0 Å². The monoisotopic (exact) mass is 244 g/mol. The molecular weight excluding hydrogens is 216 g/mol. The predicted octanol–water partition coefficient (Wildman–Crippen LogP) is 1.41. The van der Waals surface area contributed by atoms with Gasteiger partial charge in [0, 0.05) is 38.4 Å². The molecule has 1 aliphatic heterocycles. The van der Waals surface area contributed by atoms with Crippen molar-refractivity contribution in [1.29, 1.82) is 0 Å². The van der Waals surface area contributed by atoms with Gasteiger partial charge in [-0.1, -0.05) is 0 Å². The summed E-state index contributed by atoms with van der Waals surface area (Å²) in [6.07, 6.45) is -0.0901. The van der Waals surface area contributed by atoms with Gasteiger partial charge in [0.1, 0.15) is 0 Å². The SMILES string of the molecule is CCOC(CN1CCN(C)CC1(C)C)OCC. The molecule has 0 aliphatic carbocycles. The van der Waals surface area contributed by atoms with E-state index in [1.807, 2.05) is 13.8 Å². The summed E-state index contributed by atoms with van der Waals surface area (Å²) in [5.41, 5.74) is 0.194. The maximum absolute atomic E-state index is 5.63. The van der Waals surface area contributed by atoms with Crippen molar-refractivity contribution in [2.75, 3.05) is 46.4 Å². The standard InChI is InChI=1S/C13H28N2O2/c1-6-16-12(17-7-2)10-15-9-8-14(5)11-13(15,3)4/h12H,6-11H2,1-5H3. The summed E-state index contributed by atoms with van der Waals surface area (Å²) in [6, 6.07) is 0. The van der Waals surface area contributed by atoms with Gasteiger partial charge in [-0.15, -0.1) is 0 Å². The minimum absolute atomic E-state index is 0.0901. The molecule has 0 atom stereocenters. The molecule has 102 valence electrons. The van der Waals surface area contributed by atoms with Gasteiger partial charge in [-0.3, -0.25) is 4.90 Å². The lowest BCUT2D eigenvalue weighted by molar-refractivity contribution is -0.160. The molecule has 0 aromatic carbocycles. The number of hydrogen-bond donors (Lipinski definition) is 0. The van der Waals surface area contributed by atoms with Crippen molar-refractivity contribution in [3.05, 3.63) is 0 Å². The predicted molar refractivity (Wildman–Crippen MR) is 70.2 cm³/mol. The van der Waals surface area contributed by atoms with Crippen LogP contribution in [0, 0.1) is 0 Å². The zero-order chi connectivity index (χ0) is 12.9. The molecule has 4 nitrogen and oxygen atoms in total. The minimum Gasteiger partial charge on any atom is -0.352 e. The molecule has 0 aromatic rings. The lowest BCUT2D eigenvalue weighted by Crippen LogP contribution is -2.60. The lowest BCUT2D eigenvalue weighted by Gasteiger charge is -2.47. The number of likely N-dealkylation sites (N-methyl/N-ethyl adjacent to an activating group) is 1. The van der Waals surface area contributed by atoms with Gasteiger partial charge in [0.2, 0.25) is 0 Å². The Bertz CT molecular complexity index is 215. The summed E-state index contributed by atoms with van der Waals surface area (Å²) in [7, 11) is 2.18. The van der Waals surface area contributed by atoms with E-state index in [4.69, 9.17) is 9.47 Å². The molecule has 0 saturated carbocycles. The highest BCUT2D eigenvalue weighted by molar-refractivity contribution is 4.89. The van der Waals surface area contributed by atoms with E-state index in [0.29, 0.717) is 13.2 Å². The Kier molecular flexibility index (Phi) is 5.86. The number of hydrogen-bond acceptors (Lipinski definition) is 4. The van der Waals surface area contributed by atoms with Crippen molar-refractivity contribution in [3.63, 3.8) is 0 Å². The smallest absolute Gasteiger partial charge is 0.170 e. The Balaban J connectivity index is 2.52. The van der Waals surface area contributed by atoms with Crippen LogP contribution in [0.15, 0.2) is 0 Å². The second-order valence-corrected chi connectivity index (χ2v) is 5.34. The summed E-state index contributed by atoms with van der Waals surface area (Å²) in [4.78, 5) is 4.86. The maximum Gasteiger partial charge on any atom is 0.170 e. The molecule has 4 heteroatoms. The molecule has 1 aliphatic rings. The molecule has 1 rings (SSSR count). The first kappa shape index (κ1) is 14.9. The van der Waals surface area contributed by atoms with Crippen LogP contribution in [0.3, 0.4) is 0 Å². The highest BCUT2D eigenvalue weighted by atomic mass is 16.7. The van der Waals surface area contributed by atoms with Gasteiger partial charge < -0.3 is 14.4 Å². The van der Waals surface area contributed by atoms with Crippen LogP contribution in [0.1, 0.15) is 27.7 Å². The van der Waals surface area contributed by atoms with Gasteiger partial charge >= 0.3 is 0 Å². The second-order valence-electron chi connectivity index (χ2n) is 5.34. The van der Waals surface area contributed by atoms with E-state index in [1.165, 1.54) is 0 Å². The highest BCUT2D eigenvalue weighted by Gasteiger charge is 2.33. The van der Waals surface area contributed by atoms with Crippen molar-refractivity contribution < 1.29 is 9.47 Å². The maximum atomic E-state index is 5.63. The van der Waals surface area contributed by atoms with E-state index in [-0.39, 0.29) is 11.8 Å². The van der Waals surface area contributed by atoms with Crippen LogP contribution in [-0.2, 0) is 9.47 Å². The molecule has 0 spiro atoms. The van der Waals surface area contributed by atoms with Crippen molar-refractivity contribution in [2.45, 2.75) is 39.5 Å². The number of ether oxygens (including phenoxy) is 2. The third-order valence-electron chi connectivity index (χ3n) is 3.34. The number of nitrogens with zero attached hydrogens (tertiary/aromatic N) is 2. The summed E-state index contributed by atoms with van der Waals surface area (Å²) in [5.74, 6) is 0. The van der Waals surface area contributed by atoms with Crippen molar-refractivity contribution in [2.24, 2.45) is 0 Å². The molecule has 17 heavy (non-hydrogen) atoms. The summed E-state index contributed by atoms with van der Waals surface area (Å²) in [6.45, 7) is 14.2. The number of piperazine rings is 1. The molecule has 0 N–H and O–H groups in total. The largest absolute Gasteiger partial charge is 0.352 e. The third kappa shape index (κ3) is 4.54. The zero-order valence-corrected chi connectivity index (χ0v) is 12.0. The van der Waals surface area contributed by atoms with E-state index >= 15 is 0 Å². The summed E-state index contributed by atoms with van der Waals surface area (Å²) < 4.78 is 11.3. The Morgan fingerprint density at radius 2 is 1.71 bits per heavy atom. The van der Waals surface area contributed by atoms with Gasteiger partial charge in [0.25, 0.3) is 0 Å². The van der Waals surface area contributed by atoms with Gasteiger partial charge in [-0.25, -0.2) is 0 Å². The number of rotatable bonds is 6. The second kappa shape index (κ2) is 6.69. The van der Waals surface area contributed by atoms with Crippen molar-refractivity contribution in [1.82, 2.24) is 9.80 Å². The lowest BCUT2D eigenvalue weighted by atomic mass is 9.99. The van der Waals surface area contributed by atoms with Crippen LogP contribution in [0.4, 0.5) is 0 Å². The first-order valence-corrected chi connectivity index (χ1v) is 6.66. The summed E-state index contributed by atoms with van der Waals surface area (Å²) in [5, 5.41) is 0. The van der Waals surface area contributed by atoms with E-state index in [1.54, 1.807) is 0 Å². The molecule has 0 amide bonds. The fourth-order valence-corrected chi connectivity index (χ4v) is 2.48. The van der Waals surface area contributed by atoms with Crippen LogP contribution in [0.2, 0.25) is 0 Å². The van der Waals surface area contributed by atoms with E-state index < -0.39 is 0 Å². The van der Waals surface area contributed by atoms with Gasteiger partial charge in [0.05, 0.1) is 6.54 Å². The normalized spacial score (nSPS) is 22.2. The van der Waals surface area contributed by atoms with Gasteiger partial charge in [-0.05, 0) is 34.7 Å². The van der Waals surface area contributed by atoms with E-state index in [9.17, 15) is 0 Å². The average Bonchev–Trinajstić information content (AvgIpc) is 2.22. The molecular formula is C13H28N2O2. The Morgan fingerprint density at radius 1 is 1.12 bits per heavy atom. The highest BCUT2D eigenvalue weighted by Crippen LogP contribution is 2.20. The first-order chi connectivity index (χ1) is 7.99. The van der Waals surface area contributed by atoms with Crippen LogP contribution in [0.25, 0.3) is 0 Å². The Morgan fingerprint density at radius 3 is 2.18 bits per heavy atom. The molecule has 0 radical (unpaired) electrons. The quantitative estimate of drug-likeness (QED) is 0.660. The van der Waals surface area contributed by atoms with Crippen LogP contribution in [-0.4, -0.2) is 68.1 Å². The molecule has 0 bridgehead atoms. The molecule has 1 heterocycles. The van der Waals surface area contributed by atoms with Gasteiger partial charge in [0.15, 0.2) is 6.29 Å². The molecule has 1 fully saturated rings. The van der Waals surface area contributed by atoms with Crippen molar-refractivity contribution >= 4 is 0 Å². The van der Waals surface area contributed by atoms with Crippen LogP contribution in [0.5, 0.6) is 0 Å². The van der Waals surface area contributed by atoms with E-state index in [0.717, 1.165) is 26.2 Å². The average molecular weight is 244 g/mol. The molecule has 1 saturated heterocycles. The Hall–Kier alpha value is -0.160.